The van der Waals surface area contributed by atoms with Gasteiger partial charge in [-0.25, -0.2) is 4.98 Å². The minimum atomic E-state index is -0.0458. The zero-order valence-corrected chi connectivity index (χ0v) is 16.5. The predicted octanol–water partition coefficient (Wildman–Crippen LogP) is 2.32. The van der Waals surface area contributed by atoms with Crippen LogP contribution in [-0.2, 0) is 19.5 Å². The summed E-state index contributed by atoms with van der Waals surface area (Å²) in [6, 6.07) is 5.88. The first-order chi connectivity index (χ1) is 13.7. The Morgan fingerprint density at radius 3 is 2.82 bits per heavy atom. The number of hydrogen-bond donors (Lipinski definition) is 1. The SMILES string of the molecule is COc1cccc(CN2CCc3nc(C4=NCCCC4)[nH]c(=O)c3C2)c1OC. The molecule has 7 nitrogen and oxygen atoms in total. The number of aliphatic imine (C=N–C) groups is 1. The molecule has 0 unspecified atom stereocenters. The van der Waals surface area contributed by atoms with E-state index in [0.717, 1.165) is 72.8 Å². The average molecular weight is 382 g/mol. The second-order valence-corrected chi connectivity index (χ2v) is 7.24. The minimum Gasteiger partial charge on any atom is -0.493 e. The Morgan fingerprint density at radius 2 is 2.07 bits per heavy atom. The van der Waals surface area contributed by atoms with Crippen molar-refractivity contribution in [3.05, 3.63) is 51.2 Å². The normalized spacial score (nSPS) is 17.0. The molecule has 0 spiro atoms. The fourth-order valence-corrected chi connectivity index (χ4v) is 3.96. The third kappa shape index (κ3) is 3.67. The number of benzene rings is 1. The number of methoxy groups -OCH3 is 2. The van der Waals surface area contributed by atoms with Crippen molar-refractivity contribution in [1.29, 1.82) is 0 Å². The van der Waals surface area contributed by atoms with E-state index < -0.39 is 0 Å². The number of aromatic nitrogens is 2. The highest BCUT2D eigenvalue weighted by Gasteiger charge is 2.24. The van der Waals surface area contributed by atoms with Crippen LogP contribution in [0.2, 0.25) is 0 Å². The summed E-state index contributed by atoms with van der Waals surface area (Å²) in [4.78, 5) is 27.2. The van der Waals surface area contributed by atoms with Crippen molar-refractivity contribution in [3.8, 4) is 11.5 Å². The Kier molecular flexibility index (Phi) is 5.43. The number of aromatic amines is 1. The summed E-state index contributed by atoms with van der Waals surface area (Å²) < 4.78 is 10.9. The van der Waals surface area contributed by atoms with Gasteiger partial charge in [-0.1, -0.05) is 12.1 Å². The molecule has 1 aromatic carbocycles. The minimum absolute atomic E-state index is 0.0458. The van der Waals surface area contributed by atoms with E-state index in [4.69, 9.17) is 14.5 Å². The molecule has 0 amide bonds. The number of H-pyrrole nitrogens is 1. The zero-order chi connectivity index (χ0) is 19.5. The van der Waals surface area contributed by atoms with Gasteiger partial charge in [-0.05, 0) is 25.3 Å². The highest BCUT2D eigenvalue weighted by Crippen LogP contribution is 2.32. The number of fused-ring (bicyclic) bond motifs is 1. The lowest BCUT2D eigenvalue weighted by atomic mass is 10.0. The van der Waals surface area contributed by atoms with Crippen LogP contribution in [0.3, 0.4) is 0 Å². The third-order valence-corrected chi connectivity index (χ3v) is 5.42. The molecule has 0 atom stereocenters. The fraction of sp³-hybridized carbons (Fsp3) is 0.476. The monoisotopic (exact) mass is 382 g/mol. The van der Waals surface area contributed by atoms with Gasteiger partial charge in [0.05, 0.1) is 31.2 Å². The second-order valence-electron chi connectivity index (χ2n) is 7.24. The number of hydrogen-bond acceptors (Lipinski definition) is 6. The van der Waals surface area contributed by atoms with Gasteiger partial charge in [0, 0.05) is 38.2 Å². The van der Waals surface area contributed by atoms with E-state index in [1.807, 2.05) is 18.2 Å². The Bertz CT molecular complexity index is 951. The first kappa shape index (κ1) is 18.7. The summed E-state index contributed by atoms with van der Waals surface area (Å²) in [5, 5.41) is 0. The number of rotatable bonds is 5. The van der Waals surface area contributed by atoms with E-state index in [1.165, 1.54) is 0 Å². The molecule has 0 fully saturated rings. The quantitative estimate of drug-likeness (QED) is 0.858. The lowest BCUT2D eigenvalue weighted by Crippen LogP contribution is -2.36. The van der Waals surface area contributed by atoms with Crippen LogP contribution in [0.1, 0.15) is 41.9 Å². The third-order valence-electron chi connectivity index (χ3n) is 5.42. The molecule has 1 N–H and O–H groups in total. The fourth-order valence-electron chi connectivity index (χ4n) is 3.96. The maximum atomic E-state index is 12.7. The van der Waals surface area contributed by atoms with Gasteiger partial charge in [-0.15, -0.1) is 0 Å². The number of ether oxygens (including phenoxy) is 2. The molecule has 2 aromatic rings. The van der Waals surface area contributed by atoms with E-state index in [9.17, 15) is 4.79 Å². The molecule has 0 saturated carbocycles. The van der Waals surface area contributed by atoms with Crippen molar-refractivity contribution in [2.75, 3.05) is 27.3 Å². The highest BCUT2D eigenvalue weighted by atomic mass is 16.5. The van der Waals surface area contributed by atoms with Crippen molar-refractivity contribution in [2.24, 2.45) is 4.99 Å². The van der Waals surface area contributed by atoms with Gasteiger partial charge in [0.15, 0.2) is 17.3 Å². The van der Waals surface area contributed by atoms with E-state index >= 15 is 0 Å². The van der Waals surface area contributed by atoms with Crippen molar-refractivity contribution in [1.82, 2.24) is 14.9 Å². The lowest BCUT2D eigenvalue weighted by molar-refractivity contribution is 0.236. The summed E-state index contributed by atoms with van der Waals surface area (Å²) in [5.41, 5.74) is 3.60. The van der Waals surface area contributed by atoms with E-state index in [1.54, 1.807) is 14.2 Å². The molecule has 1 aromatic heterocycles. The van der Waals surface area contributed by atoms with Crippen molar-refractivity contribution in [3.63, 3.8) is 0 Å². The summed E-state index contributed by atoms with van der Waals surface area (Å²) in [7, 11) is 3.29. The maximum absolute atomic E-state index is 12.7. The van der Waals surface area contributed by atoms with Gasteiger partial charge in [0.2, 0.25) is 0 Å². The number of nitrogens with one attached hydrogen (secondary N) is 1. The zero-order valence-electron chi connectivity index (χ0n) is 16.5. The first-order valence-corrected chi connectivity index (χ1v) is 9.77. The molecule has 2 aliphatic heterocycles. The number of para-hydroxylation sites is 1. The Hall–Kier alpha value is -2.67. The van der Waals surface area contributed by atoms with Crippen LogP contribution in [-0.4, -0.2) is 47.9 Å². The second kappa shape index (κ2) is 8.14. The Labute approximate surface area is 164 Å². The van der Waals surface area contributed by atoms with Gasteiger partial charge >= 0.3 is 0 Å². The standard InChI is InChI=1S/C21H26N4O3/c1-27-18-8-5-6-14(19(18)28-2)12-25-11-9-16-15(13-25)21(26)24-20(23-16)17-7-3-4-10-22-17/h5-6,8H,3-4,7,9-13H2,1-2H3,(H,23,24,26). The maximum Gasteiger partial charge on any atom is 0.255 e. The molecule has 28 heavy (non-hydrogen) atoms. The number of nitrogens with zero attached hydrogens (tertiary/aromatic N) is 3. The van der Waals surface area contributed by atoms with E-state index in [2.05, 4.69) is 14.9 Å². The van der Waals surface area contributed by atoms with Crippen LogP contribution in [0.4, 0.5) is 0 Å². The van der Waals surface area contributed by atoms with Crippen LogP contribution in [0.5, 0.6) is 11.5 Å². The molecule has 3 heterocycles. The van der Waals surface area contributed by atoms with Crippen LogP contribution in [0.15, 0.2) is 28.0 Å². The molecule has 0 radical (unpaired) electrons. The molecular weight excluding hydrogens is 356 g/mol. The molecule has 7 heteroatoms. The summed E-state index contributed by atoms with van der Waals surface area (Å²) in [5.74, 6) is 2.12. The van der Waals surface area contributed by atoms with Gasteiger partial charge in [0.25, 0.3) is 5.56 Å². The molecule has 0 saturated heterocycles. The lowest BCUT2D eigenvalue weighted by Gasteiger charge is -2.28. The van der Waals surface area contributed by atoms with Crippen LogP contribution in [0.25, 0.3) is 0 Å². The van der Waals surface area contributed by atoms with E-state index in [0.29, 0.717) is 18.9 Å². The highest BCUT2D eigenvalue weighted by molar-refractivity contribution is 5.97. The smallest absolute Gasteiger partial charge is 0.255 e. The molecular formula is C21H26N4O3. The van der Waals surface area contributed by atoms with E-state index in [-0.39, 0.29) is 5.56 Å². The topological polar surface area (TPSA) is 79.8 Å². The molecule has 0 aliphatic carbocycles. The van der Waals surface area contributed by atoms with Crippen molar-refractivity contribution < 1.29 is 9.47 Å². The van der Waals surface area contributed by atoms with Crippen LogP contribution >= 0.6 is 0 Å². The van der Waals surface area contributed by atoms with Gasteiger partial charge < -0.3 is 14.5 Å². The largest absolute Gasteiger partial charge is 0.493 e. The molecule has 2 aliphatic rings. The molecule has 4 rings (SSSR count). The predicted molar refractivity (Wildman–Crippen MR) is 107 cm³/mol. The average Bonchev–Trinajstić information content (AvgIpc) is 2.74. The van der Waals surface area contributed by atoms with Crippen LogP contribution in [0, 0.1) is 0 Å². The van der Waals surface area contributed by atoms with Gasteiger partial charge in [-0.2, -0.15) is 0 Å². The first-order valence-electron chi connectivity index (χ1n) is 9.77. The van der Waals surface area contributed by atoms with Crippen LogP contribution < -0.4 is 15.0 Å². The van der Waals surface area contributed by atoms with Gasteiger partial charge in [-0.3, -0.25) is 14.7 Å². The summed E-state index contributed by atoms with van der Waals surface area (Å²) in [6.45, 7) is 2.93. The molecule has 0 bridgehead atoms. The van der Waals surface area contributed by atoms with Crippen molar-refractivity contribution in [2.45, 2.75) is 38.8 Å². The summed E-state index contributed by atoms with van der Waals surface area (Å²) >= 11 is 0. The Balaban J connectivity index is 1.56. The summed E-state index contributed by atoms with van der Waals surface area (Å²) in [6.07, 6.45) is 3.87. The Morgan fingerprint density at radius 1 is 1.18 bits per heavy atom. The van der Waals surface area contributed by atoms with Gasteiger partial charge in [0.1, 0.15) is 0 Å². The van der Waals surface area contributed by atoms with Crippen molar-refractivity contribution >= 4 is 5.71 Å². The molecule has 148 valence electrons.